The average Bonchev–Trinajstić information content (AvgIpc) is 0.828. The van der Waals surface area contributed by atoms with E-state index in [1.54, 1.807) is 39.0 Å². The van der Waals surface area contributed by atoms with Crippen LogP contribution in [0.2, 0.25) is 0 Å². The van der Waals surface area contributed by atoms with Gasteiger partial charge >= 0.3 is 0 Å². The summed E-state index contributed by atoms with van der Waals surface area (Å²) in [6.45, 7) is 20.8. The zero-order valence-electron chi connectivity index (χ0n) is 46.6. The Morgan fingerprint density at radius 2 is 1.32 bits per heavy atom. The maximum absolute atomic E-state index is 4.61. The van der Waals surface area contributed by atoms with Crippen LogP contribution in [0.1, 0.15) is 135 Å². The molecule has 2 spiro atoms. The van der Waals surface area contributed by atoms with E-state index in [2.05, 4.69) is 241 Å². The van der Waals surface area contributed by atoms with E-state index >= 15 is 0 Å². The highest BCUT2D eigenvalue weighted by molar-refractivity contribution is 5.98. The third kappa shape index (κ3) is 5.62. The Morgan fingerprint density at radius 1 is 0.620 bits per heavy atom. The van der Waals surface area contributed by atoms with Gasteiger partial charge in [0.25, 0.3) is 0 Å². The van der Waals surface area contributed by atoms with Crippen LogP contribution in [0.4, 0.5) is 5.69 Å². The molecule has 3 saturated carbocycles. The standard InChI is InChI=1S/C78H69N/c1-8-10-24-47(3)48(4)45-52(9-2)79(69-38-23-37-67-71(69)62-33-19-20-34-64(62)75(67,6)7)53-41-39-50(40-42-53)54-43-44-68(70-55-26-12-11-25-51(55)46-63(54)70)77-49(5)76-65-35-21-17-29-58(65)56-27-13-15-31-60(56)72(76)78(74(76)77)66-36-22-18-30-59(66)57-28-14-16-32-61(57)73(77)78/h8-12,14,16-17,19-21,23-39,41,43-45,49,72-74H,2,4,13,15,18,22,40,42,46H2,1,3,5-7H3/b10-8-,47-24+,52-45+. The fraction of sp³-hybridized carbons (Fsp3) is 0.256. The smallest absolute Gasteiger partial charge is 0.0540 e. The molecule has 0 bridgehead atoms. The van der Waals surface area contributed by atoms with Gasteiger partial charge < -0.3 is 4.90 Å². The SMILES string of the molecule is C=C/C(=C\C(=C)/C(C)=C/C=C\C)N(C1=CC=C(c2ccc(C34C5c6ccccc6C6=CCCC=C6C56C5C7=CCCC=C7c7ccccc7C5(C3C)C64)c3c2Cc2ccccc2-3)CC1)c1cccc2c1-c1ccccc1C2(C)C. The molecule has 386 valence electrons. The first kappa shape index (κ1) is 47.3. The van der Waals surface area contributed by atoms with Crippen molar-refractivity contribution in [1.82, 2.24) is 0 Å². The molecular weight excluding hydrogens is 951 g/mol. The molecule has 10 aliphatic rings. The second kappa shape index (κ2) is 16.7. The fourth-order valence-corrected chi connectivity index (χ4v) is 19.3. The molecule has 0 N–H and O–H groups in total. The van der Waals surface area contributed by atoms with Crippen LogP contribution >= 0.6 is 0 Å². The molecule has 7 atom stereocenters. The maximum Gasteiger partial charge on any atom is 0.0540 e. The molecule has 0 amide bonds. The monoisotopic (exact) mass is 1020 g/mol. The summed E-state index contributed by atoms with van der Waals surface area (Å²) in [4.78, 5) is 2.51. The van der Waals surface area contributed by atoms with Gasteiger partial charge in [-0.05, 0) is 206 Å². The number of fused-ring (bicyclic) bond motifs is 15. The van der Waals surface area contributed by atoms with Gasteiger partial charge in [-0.2, -0.15) is 0 Å². The summed E-state index contributed by atoms with van der Waals surface area (Å²) in [6.07, 6.45) is 33.5. The lowest BCUT2D eigenvalue weighted by Crippen LogP contribution is -2.98. The van der Waals surface area contributed by atoms with E-state index in [0.29, 0.717) is 23.7 Å². The van der Waals surface area contributed by atoms with Gasteiger partial charge in [0, 0.05) is 50.5 Å². The van der Waals surface area contributed by atoms with Crippen LogP contribution in [0.5, 0.6) is 0 Å². The molecule has 1 heteroatoms. The lowest BCUT2D eigenvalue weighted by Gasteiger charge is -2.98. The summed E-state index contributed by atoms with van der Waals surface area (Å²) >= 11 is 0. The molecule has 0 radical (unpaired) electrons. The molecular formula is C78H69N. The number of benzene rings is 6. The van der Waals surface area contributed by atoms with E-state index in [-0.39, 0.29) is 21.7 Å². The molecule has 3 fully saturated rings. The van der Waals surface area contributed by atoms with Gasteiger partial charge in [-0.1, -0.05) is 204 Å². The number of nitrogens with zero attached hydrogens (tertiary/aromatic N) is 1. The number of allylic oxidation sites excluding steroid dienone is 19. The van der Waals surface area contributed by atoms with E-state index in [0.717, 1.165) is 61.8 Å². The highest BCUT2D eigenvalue weighted by atomic mass is 15.2. The van der Waals surface area contributed by atoms with Gasteiger partial charge in [0.2, 0.25) is 0 Å². The Balaban J connectivity index is 0.880. The minimum atomic E-state index is -0.125. The van der Waals surface area contributed by atoms with Crippen molar-refractivity contribution in [3.8, 4) is 22.3 Å². The second-order valence-electron chi connectivity index (χ2n) is 25.2. The topological polar surface area (TPSA) is 3.24 Å². The highest BCUT2D eigenvalue weighted by Crippen LogP contribution is 3.02. The van der Waals surface area contributed by atoms with Crippen LogP contribution in [0, 0.1) is 23.2 Å². The van der Waals surface area contributed by atoms with Crippen molar-refractivity contribution in [3.05, 3.63) is 297 Å². The summed E-state index contributed by atoms with van der Waals surface area (Å²) in [6, 6.07) is 50.1. The van der Waals surface area contributed by atoms with Crippen molar-refractivity contribution in [2.24, 2.45) is 23.2 Å². The van der Waals surface area contributed by atoms with Crippen molar-refractivity contribution in [2.75, 3.05) is 4.90 Å². The van der Waals surface area contributed by atoms with Crippen molar-refractivity contribution < 1.29 is 0 Å². The highest BCUT2D eigenvalue weighted by Gasteiger charge is 3.00. The Kier molecular flexibility index (Phi) is 9.97. The number of hydrogen-bond donors (Lipinski definition) is 0. The zero-order valence-corrected chi connectivity index (χ0v) is 46.6. The average molecular weight is 1020 g/mol. The van der Waals surface area contributed by atoms with E-state index < -0.39 is 0 Å². The van der Waals surface area contributed by atoms with E-state index in [1.807, 2.05) is 6.08 Å². The normalized spacial score (nSPS) is 28.1. The third-order valence-corrected chi connectivity index (χ3v) is 22.0. The van der Waals surface area contributed by atoms with Crippen molar-refractivity contribution in [2.45, 2.75) is 102 Å². The Hall–Kier alpha value is -7.74. The largest absolute Gasteiger partial charge is 0.314 e. The van der Waals surface area contributed by atoms with Crippen LogP contribution in [0.25, 0.3) is 39.0 Å². The second-order valence-corrected chi connectivity index (χ2v) is 25.2. The number of rotatable bonds is 9. The molecule has 0 heterocycles. The molecule has 79 heavy (non-hydrogen) atoms. The molecule has 7 unspecified atom stereocenters. The van der Waals surface area contributed by atoms with Gasteiger partial charge in [-0.15, -0.1) is 0 Å². The molecule has 6 aromatic carbocycles. The summed E-state index contributed by atoms with van der Waals surface area (Å²) in [5, 5.41) is 0. The first-order chi connectivity index (χ1) is 38.6. The van der Waals surface area contributed by atoms with Gasteiger partial charge in [-0.3, -0.25) is 0 Å². The maximum atomic E-state index is 4.61. The minimum absolute atomic E-state index is 0.0323. The van der Waals surface area contributed by atoms with Crippen LogP contribution in [0.15, 0.2) is 241 Å². The summed E-state index contributed by atoms with van der Waals surface area (Å²) < 4.78 is 0. The molecule has 1 nitrogen and oxygen atoms in total. The third-order valence-electron chi connectivity index (χ3n) is 22.0. The first-order valence-corrected chi connectivity index (χ1v) is 29.7. The van der Waals surface area contributed by atoms with Crippen molar-refractivity contribution in [1.29, 1.82) is 0 Å². The van der Waals surface area contributed by atoms with Gasteiger partial charge in [0.1, 0.15) is 0 Å². The van der Waals surface area contributed by atoms with Gasteiger partial charge in [0.15, 0.2) is 0 Å². The molecule has 10 aliphatic carbocycles. The molecule has 0 aromatic heterocycles. The van der Waals surface area contributed by atoms with Crippen molar-refractivity contribution in [3.63, 3.8) is 0 Å². The molecule has 16 rings (SSSR count). The Labute approximate surface area is 468 Å². The Bertz CT molecular complexity index is 4080. The number of anilines is 1. The van der Waals surface area contributed by atoms with Crippen LogP contribution in [-0.4, -0.2) is 0 Å². The quantitative estimate of drug-likeness (QED) is 0.130. The minimum Gasteiger partial charge on any atom is -0.314 e. The summed E-state index contributed by atoms with van der Waals surface area (Å²) in [7, 11) is 0. The predicted molar refractivity (Wildman–Crippen MR) is 331 cm³/mol. The van der Waals surface area contributed by atoms with E-state index in [4.69, 9.17) is 0 Å². The van der Waals surface area contributed by atoms with E-state index in [1.165, 1.54) is 78.2 Å². The predicted octanol–water partition coefficient (Wildman–Crippen LogP) is 19.4. The first-order valence-electron chi connectivity index (χ1n) is 29.7. The Morgan fingerprint density at radius 3 is 2.11 bits per heavy atom. The van der Waals surface area contributed by atoms with Crippen molar-refractivity contribution >= 4 is 22.4 Å². The summed E-state index contributed by atoms with van der Waals surface area (Å²) in [5.41, 5.74) is 34.1. The zero-order chi connectivity index (χ0) is 53.3. The van der Waals surface area contributed by atoms with Crippen LogP contribution < -0.4 is 4.90 Å². The summed E-state index contributed by atoms with van der Waals surface area (Å²) in [5.74, 6) is 1.79. The lowest BCUT2D eigenvalue weighted by atomic mass is 9.03. The lowest BCUT2D eigenvalue weighted by molar-refractivity contribution is -0.385. The van der Waals surface area contributed by atoms with Crippen LogP contribution in [0.3, 0.4) is 0 Å². The number of hydrogen-bond acceptors (Lipinski definition) is 1. The molecule has 0 aliphatic heterocycles. The molecule has 0 saturated heterocycles. The van der Waals surface area contributed by atoms with Gasteiger partial charge in [-0.25, -0.2) is 0 Å². The van der Waals surface area contributed by atoms with Gasteiger partial charge in [0.05, 0.1) is 5.69 Å². The fourth-order valence-electron chi connectivity index (χ4n) is 19.3. The van der Waals surface area contributed by atoms with E-state index in [9.17, 15) is 0 Å². The molecule has 6 aromatic rings. The van der Waals surface area contributed by atoms with Crippen LogP contribution in [-0.2, 0) is 22.7 Å².